The number of nitrogen functional groups attached to an aromatic ring is 1. The normalized spacial score (nSPS) is 11.3. The molecule has 0 unspecified atom stereocenters. The fraction of sp³-hybridized carbons (Fsp3) is 0.0769. The molecule has 2 aromatic carbocycles. The molecule has 0 saturated heterocycles. The van der Waals surface area contributed by atoms with Crippen molar-refractivity contribution in [3.8, 4) is 0 Å². The summed E-state index contributed by atoms with van der Waals surface area (Å²) in [5, 5.41) is 0.500. The van der Waals surface area contributed by atoms with Gasteiger partial charge >= 0.3 is 0 Å². The first-order valence-electron chi connectivity index (χ1n) is 5.63. The first-order valence-corrected chi connectivity index (χ1v) is 7.49. The van der Waals surface area contributed by atoms with E-state index >= 15 is 0 Å². The molecule has 20 heavy (non-hydrogen) atoms. The molecular formula is C13H12ClFN2O2S. The molecule has 0 fully saturated rings. The van der Waals surface area contributed by atoms with Crippen molar-refractivity contribution in [2.45, 2.75) is 11.8 Å². The van der Waals surface area contributed by atoms with Crippen molar-refractivity contribution in [3.63, 3.8) is 0 Å². The number of aryl methyl sites for hydroxylation is 1. The average molecular weight is 315 g/mol. The van der Waals surface area contributed by atoms with Crippen LogP contribution in [0.3, 0.4) is 0 Å². The van der Waals surface area contributed by atoms with E-state index in [0.29, 0.717) is 16.3 Å². The second-order valence-electron chi connectivity index (χ2n) is 4.29. The molecule has 2 rings (SSSR count). The van der Waals surface area contributed by atoms with E-state index in [0.717, 1.165) is 12.1 Å². The summed E-state index contributed by atoms with van der Waals surface area (Å²) in [6, 6.07) is 7.87. The maximum atomic E-state index is 13.2. The Balaban J connectivity index is 2.40. The van der Waals surface area contributed by atoms with E-state index in [1.807, 2.05) is 0 Å². The van der Waals surface area contributed by atoms with Crippen LogP contribution in [0.4, 0.5) is 15.8 Å². The maximum Gasteiger partial charge on any atom is 0.262 e. The largest absolute Gasteiger partial charge is 0.399 e. The molecule has 106 valence electrons. The molecule has 4 nitrogen and oxygen atoms in total. The highest BCUT2D eigenvalue weighted by molar-refractivity contribution is 7.92. The van der Waals surface area contributed by atoms with Crippen molar-refractivity contribution in [1.29, 1.82) is 0 Å². The van der Waals surface area contributed by atoms with Crippen molar-refractivity contribution >= 4 is 33.0 Å². The summed E-state index contributed by atoms with van der Waals surface area (Å²) < 4.78 is 40.0. The van der Waals surface area contributed by atoms with E-state index in [-0.39, 0.29) is 10.6 Å². The van der Waals surface area contributed by atoms with E-state index < -0.39 is 15.8 Å². The number of nitrogens with one attached hydrogen (secondary N) is 1. The molecule has 0 amide bonds. The van der Waals surface area contributed by atoms with Gasteiger partial charge in [-0.05, 0) is 48.9 Å². The van der Waals surface area contributed by atoms with Crippen LogP contribution >= 0.6 is 11.6 Å². The smallest absolute Gasteiger partial charge is 0.262 e. The van der Waals surface area contributed by atoms with Crippen molar-refractivity contribution < 1.29 is 12.8 Å². The Morgan fingerprint density at radius 1 is 1.20 bits per heavy atom. The van der Waals surface area contributed by atoms with Gasteiger partial charge in [0.05, 0.1) is 10.6 Å². The van der Waals surface area contributed by atoms with Crippen LogP contribution in [-0.4, -0.2) is 8.42 Å². The predicted octanol–water partition coefficient (Wildman–Crippen LogP) is 3.17. The van der Waals surface area contributed by atoms with E-state index in [2.05, 4.69) is 4.72 Å². The first kappa shape index (κ1) is 14.6. The highest BCUT2D eigenvalue weighted by Crippen LogP contribution is 2.24. The lowest BCUT2D eigenvalue weighted by atomic mass is 10.2. The van der Waals surface area contributed by atoms with E-state index in [1.54, 1.807) is 19.1 Å². The Kier molecular flexibility index (Phi) is 3.87. The summed E-state index contributed by atoms with van der Waals surface area (Å²) in [6.07, 6.45) is 0. The summed E-state index contributed by atoms with van der Waals surface area (Å²) in [4.78, 5) is -0.232. The minimum atomic E-state index is -3.91. The summed E-state index contributed by atoms with van der Waals surface area (Å²) in [6.45, 7) is 1.71. The molecule has 0 aliphatic heterocycles. The standard InChI is InChI=1S/C13H12ClFN2O2S/c1-8-4-9(14)2-3-13(8)17-20(18,19)12-6-10(15)5-11(16)7-12/h2-7,17H,16H2,1H3. The van der Waals surface area contributed by atoms with Gasteiger partial charge in [0.2, 0.25) is 0 Å². The fourth-order valence-corrected chi connectivity index (χ4v) is 3.11. The van der Waals surface area contributed by atoms with Gasteiger partial charge in [-0.1, -0.05) is 11.6 Å². The van der Waals surface area contributed by atoms with Crippen LogP contribution < -0.4 is 10.5 Å². The quantitative estimate of drug-likeness (QED) is 0.855. The third-order valence-corrected chi connectivity index (χ3v) is 4.22. The number of benzene rings is 2. The van der Waals surface area contributed by atoms with Crippen LogP contribution in [-0.2, 0) is 10.0 Å². The molecule has 0 aliphatic rings. The Bertz CT molecular complexity index is 743. The van der Waals surface area contributed by atoms with Gasteiger partial charge < -0.3 is 5.73 Å². The molecule has 0 aromatic heterocycles. The monoisotopic (exact) mass is 314 g/mol. The van der Waals surface area contributed by atoms with Gasteiger partial charge in [-0.15, -0.1) is 0 Å². The van der Waals surface area contributed by atoms with E-state index in [9.17, 15) is 12.8 Å². The number of hydrogen-bond acceptors (Lipinski definition) is 3. The number of rotatable bonds is 3. The lowest BCUT2D eigenvalue weighted by Crippen LogP contribution is -2.14. The first-order chi connectivity index (χ1) is 9.28. The topological polar surface area (TPSA) is 72.2 Å². The summed E-state index contributed by atoms with van der Waals surface area (Å²) in [5.41, 5.74) is 6.52. The predicted molar refractivity (Wildman–Crippen MR) is 77.8 cm³/mol. The Morgan fingerprint density at radius 3 is 2.50 bits per heavy atom. The zero-order valence-corrected chi connectivity index (χ0v) is 12.1. The van der Waals surface area contributed by atoms with Crippen LogP contribution in [0.2, 0.25) is 5.02 Å². The highest BCUT2D eigenvalue weighted by Gasteiger charge is 2.17. The van der Waals surface area contributed by atoms with Crippen LogP contribution in [0, 0.1) is 12.7 Å². The fourth-order valence-electron chi connectivity index (χ4n) is 1.68. The van der Waals surface area contributed by atoms with Crippen LogP contribution in [0.5, 0.6) is 0 Å². The minimum Gasteiger partial charge on any atom is -0.399 e. The molecule has 7 heteroatoms. The molecule has 0 saturated carbocycles. The molecule has 3 N–H and O–H groups in total. The molecular weight excluding hydrogens is 303 g/mol. The number of anilines is 2. The zero-order chi connectivity index (χ0) is 14.9. The van der Waals surface area contributed by atoms with Gasteiger partial charge in [0.1, 0.15) is 5.82 Å². The maximum absolute atomic E-state index is 13.2. The number of nitrogens with two attached hydrogens (primary N) is 1. The lowest BCUT2D eigenvalue weighted by molar-refractivity contribution is 0.595. The van der Waals surface area contributed by atoms with Crippen molar-refractivity contribution in [1.82, 2.24) is 0 Å². The average Bonchev–Trinajstić information content (AvgIpc) is 2.31. The van der Waals surface area contributed by atoms with Gasteiger partial charge in [-0.25, -0.2) is 12.8 Å². The second-order valence-corrected chi connectivity index (χ2v) is 6.40. The van der Waals surface area contributed by atoms with Crippen LogP contribution in [0.15, 0.2) is 41.3 Å². The molecule has 0 atom stereocenters. The molecule has 0 spiro atoms. The van der Waals surface area contributed by atoms with E-state index in [4.69, 9.17) is 17.3 Å². The van der Waals surface area contributed by atoms with Gasteiger partial charge in [0.15, 0.2) is 0 Å². The summed E-state index contributed by atoms with van der Waals surface area (Å²) in [7, 11) is -3.91. The Hall–Kier alpha value is -1.79. The van der Waals surface area contributed by atoms with Gasteiger partial charge in [-0.2, -0.15) is 0 Å². The third kappa shape index (κ3) is 3.20. The van der Waals surface area contributed by atoms with Crippen molar-refractivity contribution in [3.05, 3.63) is 52.8 Å². The second kappa shape index (κ2) is 5.30. The summed E-state index contributed by atoms with van der Waals surface area (Å²) in [5.74, 6) is -0.710. The molecule has 2 aromatic rings. The van der Waals surface area contributed by atoms with E-state index in [1.165, 1.54) is 12.1 Å². The highest BCUT2D eigenvalue weighted by atomic mass is 35.5. The van der Waals surface area contributed by atoms with Crippen molar-refractivity contribution in [2.24, 2.45) is 0 Å². The summed E-state index contributed by atoms with van der Waals surface area (Å²) >= 11 is 5.80. The molecule has 0 radical (unpaired) electrons. The minimum absolute atomic E-state index is 0.0400. The zero-order valence-electron chi connectivity index (χ0n) is 10.5. The van der Waals surface area contributed by atoms with Gasteiger partial charge in [-0.3, -0.25) is 4.72 Å². The van der Waals surface area contributed by atoms with Crippen LogP contribution in [0.1, 0.15) is 5.56 Å². The molecule has 0 heterocycles. The lowest BCUT2D eigenvalue weighted by Gasteiger charge is -2.11. The molecule has 0 aliphatic carbocycles. The number of hydrogen-bond donors (Lipinski definition) is 2. The number of sulfonamides is 1. The molecule has 0 bridgehead atoms. The van der Waals surface area contributed by atoms with Crippen molar-refractivity contribution in [2.75, 3.05) is 10.5 Å². The third-order valence-electron chi connectivity index (χ3n) is 2.64. The number of halogens is 2. The Labute approximate surface area is 121 Å². The van der Waals surface area contributed by atoms with Crippen LogP contribution in [0.25, 0.3) is 0 Å². The Morgan fingerprint density at radius 2 is 1.90 bits per heavy atom. The SMILES string of the molecule is Cc1cc(Cl)ccc1NS(=O)(=O)c1cc(N)cc(F)c1. The van der Waals surface area contributed by atoms with Gasteiger partial charge in [0.25, 0.3) is 10.0 Å². The van der Waals surface area contributed by atoms with Gasteiger partial charge in [0, 0.05) is 10.7 Å².